The molecule has 0 unspecified atom stereocenters. The molecule has 0 atom stereocenters. The van der Waals surface area contributed by atoms with Gasteiger partial charge in [-0.2, -0.15) is 0 Å². The quantitative estimate of drug-likeness (QED) is 0.185. The van der Waals surface area contributed by atoms with E-state index in [4.69, 9.17) is 0 Å². The van der Waals surface area contributed by atoms with Gasteiger partial charge in [-0.1, -0.05) is 104 Å². The lowest BCUT2D eigenvalue weighted by atomic mass is 9.74. The van der Waals surface area contributed by atoms with Gasteiger partial charge in [0.1, 0.15) is 10.8 Å². The fourth-order valence-electron chi connectivity index (χ4n) is 8.20. The van der Waals surface area contributed by atoms with E-state index < -0.39 is 0 Å². The van der Waals surface area contributed by atoms with Gasteiger partial charge in [0.2, 0.25) is 17.2 Å². The molecule has 0 spiro atoms. The molecule has 4 heterocycles. The Morgan fingerprint density at radius 2 is 1.21 bits per heavy atom. The van der Waals surface area contributed by atoms with Crippen molar-refractivity contribution in [3.8, 4) is 0 Å². The van der Waals surface area contributed by atoms with Gasteiger partial charge in [0, 0.05) is 55.3 Å². The number of aryl methyl sites for hydroxylation is 4. The molecule has 0 radical (unpaired) electrons. The number of hydrogen-bond acceptors (Lipinski definition) is 5. The van der Waals surface area contributed by atoms with Crippen LogP contribution < -0.4 is 18.7 Å². The summed E-state index contributed by atoms with van der Waals surface area (Å²) in [5, 5.41) is 13.0. The normalized spacial score (nSPS) is 17.7. The molecule has 4 nitrogen and oxygen atoms in total. The molecule has 9 rings (SSSR count). The Balaban J connectivity index is 1.24. The minimum atomic E-state index is -0.298. The number of fused-ring (bicyclic) bond motifs is 4. The Kier molecular flexibility index (Phi) is 7.09. The monoisotopic (exact) mass is 717 g/mol. The van der Waals surface area contributed by atoms with E-state index >= 15 is 0 Å². The minimum absolute atomic E-state index is 0.0864. The summed E-state index contributed by atoms with van der Waals surface area (Å²) >= 11 is 3.18. The Morgan fingerprint density at radius 1 is 0.615 bits per heavy atom. The molecule has 0 fully saturated rings. The standard InChI is InChI=1S/C46H40N2O2S2/c1-25-9-15-29(16-10-25)47-35-19-13-27(3)21-31(35)45(5,6)33-23-37(51-43(33)47)39-41(49)40(42(39)50)38-24-34-44(52-38)48(30-17-11-26(2)12-18-30)36-20-14-28(4)22-32(36)46(34,7)8/h9-24H,1-8H3/p+1. The second-order valence-corrected chi connectivity index (χ2v) is 17.8. The lowest BCUT2D eigenvalue weighted by molar-refractivity contribution is -0.109. The van der Waals surface area contributed by atoms with Crippen LogP contribution in [0.25, 0.3) is 11.1 Å². The number of hydrogen-bond donors (Lipinski definition) is 1. The second-order valence-electron chi connectivity index (χ2n) is 15.7. The van der Waals surface area contributed by atoms with Gasteiger partial charge >= 0.3 is 0 Å². The van der Waals surface area contributed by atoms with Gasteiger partial charge in [-0.25, -0.2) is 0 Å². The van der Waals surface area contributed by atoms with Crippen LogP contribution in [0, 0.1) is 27.7 Å². The molecule has 258 valence electrons. The van der Waals surface area contributed by atoms with E-state index in [0.717, 1.165) is 53.0 Å². The fourth-order valence-corrected chi connectivity index (χ4v) is 11.0. The molecule has 1 aliphatic carbocycles. The van der Waals surface area contributed by atoms with Gasteiger partial charge in [-0.3, -0.25) is 4.79 Å². The molecule has 0 saturated heterocycles. The number of aliphatic hydroxyl groups excluding tert-OH is 1. The van der Waals surface area contributed by atoms with E-state index in [9.17, 15) is 9.90 Å². The number of aliphatic hydroxyl groups is 1. The van der Waals surface area contributed by atoms with Crippen LogP contribution in [0.1, 0.15) is 77.1 Å². The van der Waals surface area contributed by atoms with Crippen molar-refractivity contribution in [3.05, 3.63) is 161 Å². The van der Waals surface area contributed by atoms with Crippen LogP contribution in [0.3, 0.4) is 0 Å². The molecule has 6 aromatic rings. The molecule has 4 aromatic carbocycles. The van der Waals surface area contributed by atoms with Crippen LogP contribution in [0.5, 0.6) is 0 Å². The van der Waals surface area contributed by atoms with Gasteiger partial charge in [-0.15, -0.1) is 15.9 Å². The zero-order valence-electron chi connectivity index (χ0n) is 30.8. The Morgan fingerprint density at radius 3 is 1.88 bits per heavy atom. The molecular weight excluding hydrogens is 677 g/mol. The van der Waals surface area contributed by atoms with E-state index in [2.05, 4.69) is 162 Å². The summed E-state index contributed by atoms with van der Waals surface area (Å²) in [7, 11) is 0. The first-order valence-corrected chi connectivity index (χ1v) is 19.5. The highest BCUT2D eigenvalue weighted by molar-refractivity contribution is 7.18. The van der Waals surface area contributed by atoms with Crippen molar-refractivity contribution in [2.24, 2.45) is 0 Å². The Hall–Kier alpha value is -5.04. The third-order valence-electron chi connectivity index (χ3n) is 11.3. The number of anilines is 3. The second kappa shape index (κ2) is 11.2. The van der Waals surface area contributed by atoms with Gasteiger partial charge in [0.25, 0.3) is 4.67 Å². The Bertz CT molecular complexity index is 2690. The third kappa shape index (κ3) is 4.63. The zero-order valence-corrected chi connectivity index (χ0v) is 32.4. The van der Waals surface area contributed by atoms with E-state index in [1.54, 1.807) is 22.7 Å². The molecule has 0 saturated carbocycles. The van der Waals surface area contributed by atoms with Crippen molar-refractivity contribution in [3.63, 3.8) is 0 Å². The number of rotatable bonds is 3. The molecule has 0 amide bonds. The van der Waals surface area contributed by atoms with Crippen molar-refractivity contribution in [1.29, 1.82) is 0 Å². The van der Waals surface area contributed by atoms with Crippen molar-refractivity contribution >= 4 is 67.4 Å². The predicted molar refractivity (Wildman–Crippen MR) is 217 cm³/mol. The SMILES string of the molecule is Cc1ccc(N2c3ccc(C)cc3C(C)(C)c3cc(C4=C(O)/C(=c5\cc6c(s5)=[N+](c5ccc(C)cc5)c5ccc(C)cc5C6(C)C)C4=O)sc32)cc1. The first kappa shape index (κ1) is 32.8. The summed E-state index contributed by atoms with van der Waals surface area (Å²) < 4.78 is 4.21. The average Bonchev–Trinajstić information content (AvgIpc) is 3.74. The lowest BCUT2D eigenvalue weighted by Crippen LogP contribution is -2.36. The molecule has 2 aliphatic heterocycles. The fraction of sp³-hybridized carbons (Fsp3) is 0.217. The maximum absolute atomic E-state index is 14.4. The topological polar surface area (TPSA) is 43.5 Å². The van der Waals surface area contributed by atoms with Crippen molar-refractivity contribution in [2.45, 2.75) is 66.2 Å². The highest BCUT2D eigenvalue weighted by atomic mass is 32.1. The summed E-state index contributed by atoms with van der Waals surface area (Å²) in [5.74, 6) is -0.0147. The van der Waals surface area contributed by atoms with Crippen LogP contribution >= 0.6 is 22.7 Å². The highest BCUT2D eigenvalue weighted by Gasteiger charge is 2.44. The molecule has 6 heteroatoms. The maximum Gasteiger partial charge on any atom is 0.272 e. The number of thiophene rings is 2. The number of carbonyl (C=O) groups is 1. The smallest absolute Gasteiger partial charge is 0.272 e. The number of nitrogens with zero attached hydrogens (tertiary/aromatic N) is 2. The first-order chi connectivity index (χ1) is 24.8. The summed E-state index contributed by atoms with van der Waals surface area (Å²) in [4.78, 5) is 17.5. The summed E-state index contributed by atoms with van der Waals surface area (Å²) in [6, 6.07) is 34.9. The summed E-state index contributed by atoms with van der Waals surface area (Å²) in [5.41, 5.74) is 14.3. The predicted octanol–water partition coefficient (Wildman–Crippen LogP) is 10.6. The maximum atomic E-state index is 14.4. The minimum Gasteiger partial charge on any atom is -0.506 e. The number of allylic oxidation sites excluding steroid dienone is 2. The molecular formula is C46H41N2O2S2+. The van der Waals surface area contributed by atoms with Crippen LogP contribution in [-0.4, -0.2) is 10.9 Å². The summed E-state index contributed by atoms with van der Waals surface area (Å²) in [6.07, 6.45) is 0. The molecule has 0 bridgehead atoms. The number of carbonyl (C=O) groups excluding carboxylic acids is 1. The third-order valence-corrected chi connectivity index (χ3v) is 13.6. The van der Waals surface area contributed by atoms with E-state index in [-0.39, 0.29) is 22.4 Å². The van der Waals surface area contributed by atoms with Crippen molar-refractivity contribution in [2.75, 3.05) is 4.90 Å². The highest BCUT2D eigenvalue weighted by Crippen LogP contribution is 2.57. The molecule has 2 aromatic heterocycles. The van der Waals surface area contributed by atoms with E-state index in [0.29, 0.717) is 11.1 Å². The van der Waals surface area contributed by atoms with Crippen LogP contribution in [0.2, 0.25) is 0 Å². The Labute approximate surface area is 313 Å². The lowest BCUT2D eigenvalue weighted by Gasteiger charge is -2.40. The van der Waals surface area contributed by atoms with E-state index in [1.165, 1.54) is 33.4 Å². The zero-order chi connectivity index (χ0) is 36.4. The van der Waals surface area contributed by atoms with E-state index in [1.807, 2.05) is 0 Å². The number of benzene rings is 4. The van der Waals surface area contributed by atoms with Gasteiger partial charge in [-0.05, 0) is 75.2 Å². The van der Waals surface area contributed by atoms with Crippen LogP contribution in [-0.2, 0) is 15.6 Å². The first-order valence-electron chi connectivity index (χ1n) is 17.9. The van der Waals surface area contributed by atoms with Crippen LogP contribution in [0.15, 0.2) is 103 Å². The molecule has 3 aliphatic rings. The number of ketones is 1. The number of Topliss-reactive ketones (excluding diaryl/α,β-unsaturated/α-hetero) is 1. The molecule has 52 heavy (non-hydrogen) atoms. The molecule has 1 N–H and O–H groups in total. The van der Waals surface area contributed by atoms with Crippen LogP contribution in [0.4, 0.5) is 27.8 Å². The van der Waals surface area contributed by atoms with Crippen molar-refractivity contribution < 1.29 is 9.90 Å². The van der Waals surface area contributed by atoms with Crippen molar-refractivity contribution in [1.82, 2.24) is 4.58 Å². The average molecular weight is 718 g/mol. The van der Waals surface area contributed by atoms with Gasteiger partial charge in [0.15, 0.2) is 0 Å². The van der Waals surface area contributed by atoms with Gasteiger partial charge in [0.05, 0.1) is 16.8 Å². The summed E-state index contributed by atoms with van der Waals surface area (Å²) in [6.45, 7) is 17.5. The largest absolute Gasteiger partial charge is 0.506 e. The van der Waals surface area contributed by atoms with Gasteiger partial charge < -0.3 is 10.0 Å².